The van der Waals surface area contributed by atoms with Gasteiger partial charge in [0.05, 0.1) is 18.0 Å². The summed E-state index contributed by atoms with van der Waals surface area (Å²) in [5.74, 6) is -1.10. The fourth-order valence-corrected chi connectivity index (χ4v) is 4.06. The van der Waals surface area contributed by atoms with E-state index in [9.17, 15) is 26.7 Å². The van der Waals surface area contributed by atoms with Crippen molar-refractivity contribution in [2.24, 2.45) is 5.14 Å². The van der Waals surface area contributed by atoms with Gasteiger partial charge in [-0.2, -0.15) is 4.80 Å². The third kappa shape index (κ3) is 6.44. The molecule has 0 amide bonds. The number of hydrogen-bond donors (Lipinski definition) is 2. The summed E-state index contributed by atoms with van der Waals surface area (Å²) in [6.45, 7) is 1.22. The Bertz CT molecular complexity index is 1230. The number of primary sulfonamides is 1. The molecule has 15 heteroatoms. The van der Waals surface area contributed by atoms with Crippen LogP contribution in [0.1, 0.15) is 18.2 Å². The van der Waals surface area contributed by atoms with Crippen LogP contribution in [0.4, 0.5) is 13.2 Å². The molecule has 2 aromatic heterocycles. The van der Waals surface area contributed by atoms with Crippen molar-refractivity contribution in [2.75, 3.05) is 5.75 Å². The number of ether oxygens (including phenoxy) is 1. The van der Waals surface area contributed by atoms with Gasteiger partial charge < -0.3 is 9.84 Å². The van der Waals surface area contributed by atoms with Crippen LogP contribution in [0.3, 0.4) is 0 Å². The van der Waals surface area contributed by atoms with Crippen molar-refractivity contribution in [2.45, 2.75) is 25.4 Å². The van der Waals surface area contributed by atoms with Crippen molar-refractivity contribution in [1.82, 2.24) is 25.2 Å². The van der Waals surface area contributed by atoms with Crippen LogP contribution < -0.4 is 9.88 Å². The van der Waals surface area contributed by atoms with Gasteiger partial charge in [-0.3, -0.25) is 0 Å². The van der Waals surface area contributed by atoms with Crippen molar-refractivity contribution >= 4 is 26.0 Å². The quantitative estimate of drug-likeness (QED) is 0.465. The molecule has 0 saturated heterocycles. The fraction of sp³-hybridized carbons (Fsp3) is 0.294. The van der Waals surface area contributed by atoms with E-state index in [1.54, 1.807) is 0 Å². The number of tetrazole rings is 1. The van der Waals surface area contributed by atoms with E-state index in [0.29, 0.717) is 10.0 Å². The van der Waals surface area contributed by atoms with Gasteiger partial charge in [-0.1, -0.05) is 22.0 Å². The number of rotatable bonds is 7. The van der Waals surface area contributed by atoms with Crippen LogP contribution in [0.15, 0.2) is 40.9 Å². The molecule has 0 aliphatic heterocycles. The second kappa shape index (κ2) is 8.73. The lowest BCUT2D eigenvalue weighted by molar-refractivity contribution is -0.274. The largest absolute Gasteiger partial charge is 0.573 e. The molecule has 0 spiro atoms. The molecular formula is C17H16BrF3N6O4S. The highest BCUT2D eigenvalue weighted by Crippen LogP contribution is 2.28. The highest BCUT2D eigenvalue weighted by Gasteiger charge is 2.32. The topological polar surface area (TPSA) is 146 Å². The highest BCUT2D eigenvalue weighted by molar-refractivity contribution is 9.10. The molecule has 1 atom stereocenters. The standard InChI is InChI=1S/C17H16BrF3N6O4S/c1-16(28,9-32(22,29)30)14-4-2-3-13(23-14)15-24-26-27(25-15)8-10-7-11(5-6-12(10)18)31-17(19,20)21/h2-7,28H,8-9H2,1H3,(H2,22,29,30)/t16-/m0/s1. The molecule has 32 heavy (non-hydrogen) atoms. The second-order valence-electron chi connectivity index (χ2n) is 6.93. The number of pyridine rings is 1. The van der Waals surface area contributed by atoms with E-state index in [1.165, 1.54) is 37.3 Å². The van der Waals surface area contributed by atoms with Gasteiger partial charge in [0, 0.05) is 4.47 Å². The SMILES string of the molecule is C[C@](O)(CS(N)(=O)=O)c1cccc(-c2nnn(Cc3cc(OC(F)(F)F)ccc3Br)n2)n1. The molecule has 3 N–H and O–H groups in total. The third-order valence-electron chi connectivity index (χ3n) is 4.03. The lowest BCUT2D eigenvalue weighted by Gasteiger charge is -2.21. The van der Waals surface area contributed by atoms with Gasteiger partial charge in [0.2, 0.25) is 15.8 Å². The highest BCUT2D eigenvalue weighted by atomic mass is 79.9. The Labute approximate surface area is 188 Å². The van der Waals surface area contributed by atoms with Crippen molar-refractivity contribution in [3.05, 3.63) is 52.1 Å². The fourth-order valence-electron chi connectivity index (χ4n) is 2.76. The van der Waals surface area contributed by atoms with Crippen molar-refractivity contribution in [3.8, 4) is 17.3 Å². The first kappa shape index (κ1) is 24.0. The number of sulfonamides is 1. The summed E-state index contributed by atoms with van der Waals surface area (Å²) in [6.07, 6.45) is -4.83. The summed E-state index contributed by atoms with van der Waals surface area (Å²) < 4.78 is 64.5. The van der Waals surface area contributed by atoms with Gasteiger partial charge in [0.1, 0.15) is 17.0 Å². The number of benzene rings is 1. The van der Waals surface area contributed by atoms with Crippen LogP contribution in [-0.2, 0) is 22.2 Å². The first-order chi connectivity index (χ1) is 14.7. The molecule has 2 heterocycles. The van der Waals surface area contributed by atoms with Crippen LogP contribution in [-0.4, -0.2) is 50.8 Å². The number of aromatic nitrogens is 5. The average molecular weight is 537 g/mol. The van der Waals surface area contributed by atoms with E-state index >= 15 is 0 Å². The molecule has 0 fully saturated rings. The van der Waals surface area contributed by atoms with E-state index < -0.39 is 33.5 Å². The Morgan fingerprint density at radius 1 is 1.25 bits per heavy atom. The van der Waals surface area contributed by atoms with Crippen molar-refractivity contribution in [1.29, 1.82) is 0 Å². The van der Waals surface area contributed by atoms with Crippen LogP contribution in [0.25, 0.3) is 11.5 Å². The molecule has 0 bridgehead atoms. The normalized spacial score (nSPS) is 14.2. The van der Waals surface area contributed by atoms with Gasteiger partial charge >= 0.3 is 6.36 Å². The van der Waals surface area contributed by atoms with Gasteiger partial charge in [0.15, 0.2) is 0 Å². The number of halogens is 4. The predicted molar refractivity (Wildman–Crippen MR) is 109 cm³/mol. The molecular weight excluding hydrogens is 521 g/mol. The van der Waals surface area contributed by atoms with Gasteiger partial charge in [-0.15, -0.1) is 23.4 Å². The molecule has 172 valence electrons. The molecule has 0 aliphatic carbocycles. The monoisotopic (exact) mass is 536 g/mol. The van der Waals surface area contributed by atoms with Crippen molar-refractivity contribution in [3.63, 3.8) is 0 Å². The van der Waals surface area contributed by atoms with Crippen LogP contribution in [0.5, 0.6) is 5.75 Å². The van der Waals surface area contributed by atoms with Gasteiger partial charge in [-0.25, -0.2) is 18.5 Å². The molecule has 10 nitrogen and oxygen atoms in total. The summed E-state index contributed by atoms with van der Waals surface area (Å²) >= 11 is 3.25. The van der Waals surface area contributed by atoms with E-state index in [0.717, 1.165) is 10.9 Å². The molecule has 3 rings (SSSR count). The van der Waals surface area contributed by atoms with Gasteiger partial charge in [-0.05, 0) is 48.0 Å². The minimum Gasteiger partial charge on any atom is -0.406 e. The zero-order valence-electron chi connectivity index (χ0n) is 16.3. The smallest absolute Gasteiger partial charge is 0.406 e. The maximum absolute atomic E-state index is 12.5. The Morgan fingerprint density at radius 2 is 1.97 bits per heavy atom. The lowest BCUT2D eigenvalue weighted by atomic mass is 10.0. The Hall–Kier alpha value is -2.62. The molecule has 0 unspecified atom stereocenters. The Morgan fingerprint density at radius 3 is 2.62 bits per heavy atom. The first-order valence-corrected chi connectivity index (χ1v) is 11.3. The Balaban J connectivity index is 1.84. The third-order valence-corrected chi connectivity index (χ3v) is 5.77. The van der Waals surface area contributed by atoms with E-state index in [-0.39, 0.29) is 23.8 Å². The minimum absolute atomic E-state index is 0.0279. The summed E-state index contributed by atoms with van der Waals surface area (Å²) in [6, 6.07) is 8.19. The maximum atomic E-state index is 12.5. The van der Waals surface area contributed by atoms with E-state index in [4.69, 9.17) is 5.14 Å². The van der Waals surface area contributed by atoms with E-state index in [1.807, 2.05) is 0 Å². The zero-order valence-corrected chi connectivity index (χ0v) is 18.7. The predicted octanol–water partition coefficient (Wildman–Crippen LogP) is 1.94. The lowest BCUT2D eigenvalue weighted by Crippen LogP contribution is -2.35. The van der Waals surface area contributed by atoms with Crippen LogP contribution in [0, 0.1) is 0 Å². The zero-order chi connectivity index (χ0) is 23.7. The van der Waals surface area contributed by atoms with Crippen LogP contribution in [0.2, 0.25) is 0 Å². The molecule has 0 aliphatic rings. The molecule has 0 saturated carbocycles. The van der Waals surface area contributed by atoms with Crippen molar-refractivity contribution < 1.29 is 31.4 Å². The minimum atomic E-state index is -4.83. The summed E-state index contributed by atoms with van der Waals surface area (Å²) in [5.41, 5.74) is -1.24. The first-order valence-electron chi connectivity index (χ1n) is 8.75. The summed E-state index contributed by atoms with van der Waals surface area (Å²) in [5, 5.41) is 27.3. The Kier molecular flexibility index (Phi) is 6.55. The van der Waals surface area contributed by atoms with E-state index in [2.05, 4.69) is 41.1 Å². The second-order valence-corrected chi connectivity index (χ2v) is 9.40. The maximum Gasteiger partial charge on any atom is 0.573 e. The number of aliphatic hydroxyl groups is 1. The number of nitrogens with two attached hydrogens (primary N) is 1. The summed E-state index contributed by atoms with van der Waals surface area (Å²) in [4.78, 5) is 5.32. The number of hydrogen-bond acceptors (Lipinski definition) is 8. The molecule has 1 aromatic carbocycles. The molecule has 0 radical (unpaired) electrons. The number of alkyl halides is 3. The summed E-state index contributed by atoms with van der Waals surface area (Å²) in [7, 11) is -3.98. The average Bonchev–Trinajstić information content (AvgIpc) is 3.10. The van der Waals surface area contributed by atoms with Crippen LogP contribution >= 0.6 is 15.9 Å². The number of nitrogens with zero attached hydrogens (tertiary/aromatic N) is 5. The molecule has 3 aromatic rings. The van der Waals surface area contributed by atoms with Gasteiger partial charge in [0.25, 0.3) is 0 Å².